The zero-order valence-electron chi connectivity index (χ0n) is 23.4. The Kier molecular flexibility index (Phi) is 9.33. The van der Waals surface area contributed by atoms with Crippen LogP contribution in [-0.2, 0) is 27.4 Å². The van der Waals surface area contributed by atoms with E-state index in [0.717, 1.165) is 31.4 Å². The molecule has 9 heteroatoms. The highest BCUT2D eigenvalue weighted by Crippen LogP contribution is 2.33. The fourth-order valence-corrected chi connectivity index (χ4v) is 5.39. The molecule has 210 valence electrons. The van der Waals surface area contributed by atoms with Gasteiger partial charge in [0.15, 0.2) is 0 Å². The fourth-order valence-electron chi connectivity index (χ4n) is 5.39. The van der Waals surface area contributed by atoms with E-state index in [1.165, 1.54) is 10.9 Å². The normalized spacial score (nSPS) is 20.1. The molecule has 1 aromatic heterocycles. The Labute approximate surface area is 226 Å². The van der Waals surface area contributed by atoms with Crippen LogP contribution in [0.5, 0.6) is 0 Å². The topological polar surface area (TPSA) is 102 Å². The monoisotopic (exact) mass is 527 g/mol. The molecular formula is C29H45N5O4. The van der Waals surface area contributed by atoms with Crippen LogP contribution in [-0.4, -0.2) is 83.9 Å². The molecule has 1 saturated carbocycles. The van der Waals surface area contributed by atoms with Gasteiger partial charge in [0.1, 0.15) is 5.60 Å². The first-order valence-corrected chi connectivity index (χ1v) is 14.0. The number of carbonyl (C=O) groups excluding carboxylic acids is 2. The number of hydrogen-bond acceptors (Lipinski definition) is 6. The Morgan fingerprint density at radius 2 is 1.95 bits per heavy atom. The van der Waals surface area contributed by atoms with E-state index < -0.39 is 5.60 Å². The summed E-state index contributed by atoms with van der Waals surface area (Å²) in [6.45, 7) is 9.77. The van der Waals surface area contributed by atoms with Gasteiger partial charge in [0.05, 0.1) is 5.92 Å². The molecule has 1 aromatic carbocycles. The second-order valence-corrected chi connectivity index (χ2v) is 11.7. The number of aromatic nitrogens is 1. The number of rotatable bonds is 11. The maximum atomic E-state index is 14.1. The zero-order valence-corrected chi connectivity index (χ0v) is 23.4. The number of nitrogens with zero attached hydrogens (tertiary/aromatic N) is 3. The zero-order chi connectivity index (χ0) is 27.3. The van der Waals surface area contributed by atoms with Crippen molar-refractivity contribution in [1.29, 1.82) is 0 Å². The van der Waals surface area contributed by atoms with Crippen LogP contribution in [0, 0.1) is 5.92 Å². The summed E-state index contributed by atoms with van der Waals surface area (Å²) in [5, 5.41) is 4.62. The Morgan fingerprint density at radius 1 is 1.18 bits per heavy atom. The van der Waals surface area contributed by atoms with E-state index in [0.29, 0.717) is 45.8 Å². The van der Waals surface area contributed by atoms with Crippen molar-refractivity contribution in [2.24, 2.45) is 11.7 Å². The van der Waals surface area contributed by atoms with E-state index in [1.54, 1.807) is 12.0 Å². The largest absolute Gasteiger partial charge is 0.444 e. The van der Waals surface area contributed by atoms with Crippen LogP contribution in [0.15, 0.2) is 30.5 Å². The molecule has 2 amide bonds. The van der Waals surface area contributed by atoms with Gasteiger partial charge >= 0.3 is 6.09 Å². The number of fused-ring (bicyclic) bond motifs is 1. The van der Waals surface area contributed by atoms with Crippen molar-refractivity contribution in [2.75, 3.05) is 39.9 Å². The number of amides is 2. The molecule has 2 heterocycles. The number of para-hydroxylation sites is 1. The lowest BCUT2D eigenvalue weighted by Crippen LogP contribution is -2.56. The standard InChI is InChI=1S/C29H45N5O4/c1-29(2,3)38-28(36)33-17-21(16-23(20-33)31-13-12-30)27(35)34(24-10-11-24)19-22-18-32(14-7-15-37-4)26-9-6-5-8-25(22)26/h5-6,8-9,18,21,23-24,31H,7,10-17,19-20,30H2,1-4H3. The Bertz CT molecular complexity index is 1090. The third-order valence-electron chi connectivity index (χ3n) is 7.26. The second-order valence-electron chi connectivity index (χ2n) is 11.7. The highest BCUT2D eigenvalue weighted by molar-refractivity contribution is 5.85. The van der Waals surface area contributed by atoms with Crippen molar-refractivity contribution in [1.82, 2.24) is 19.7 Å². The van der Waals surface area contributed by atoms with Crippen molar-refractivity contribution in [3.8, 4) is 0 Å². The van der Waals surface area contributed by atoms with Gasteiger partial charge in [-0.2, -0.15) is 0 Å². The maximum absolute atomic E-state index is 14.1. The molecule has 4 rings (SSSR count). The predicted octanol–water partition coefficient (Wildman–Crippen LogP) is 3.34. The molecule has 1 aliphatic carbocycles. The minimum absolute atomic E-state index is 0.00230. The third-order valence-corrected chi connectivity index (χ3v) is 7.26. The number of methoxy groups -OCH3 is 1. The van der Waals surface area contributed by atoms with E-state index in [-0.39, 0.29) is 30.0 Å². The van der Waals surface area contributed by atoms with Crippen LogP contribution in [0.4, 0.5) is 4.79 Å². The van der Waals surface area contributed by atoms with Gasteiger partial charge in [0.2, 0.25) is 5.91 Å². The van der Waals surface area contributed by atoms with Gasteiger partial charge in [0, 0.05) is 82.2 Å². The second kappa shape index (κ2) is 12.5. The highest BCUT2D eigenvalue weighted by atomic mass is 16.6. The number of nitrogens with two attached hydrogens (primary N) is 1. The number of hydrogen-bond donors (Lipinski definition) is 2. The first kappa shape index (κ1) is 28.4. The lowest BCUT2D eigenvalue weighted by molar-refractivity contribution is -0.138. The predicted molar refractivity (Wildman–Crippen MR) is 149 cm³/mol. The molecule has 9 nitrogen and oxygen atoms in total. The summed E-state index contributed by atoms with van der Waals surface area (Å²) in [5.41, 5.74) is 7.49. The molecule has 0 radical (unpaired) electrons. The number of nitrogens with one attached hydrogen (secondary N) is 1. The smallest absolute Gasteiger partial charge is 0.410 e. The maximum Gasteiger partial charge on any atom is 0.410 e. The van der Waals surface area contributed by atoms with Gasteiger partial charge in [-0.3, -0.25) is 4.79 Å². The minimum Gasteiger partial charge on any atom is -0.444 e. The first-order valence-electron chi connectivity index (χ1n) is 14.0. The molecule has 2 fully saturated rings. The average Bonchev–Trinajstić information content (AvgIpc) is 3.67. The molecule has 2 unspecified atom stereocenters. The van der Waals surface area contributed by atoms with Crippen molar-refractivity contribution in [2.45, 2.75) is 77.2 Å². The number of aryl methyl sites for hydroxylation is 1. The van der Waals surface area contributed by atoms with Crippen molar-refractivity contribution in [3.63, 3.8) is 0 Å². The van der Waals surface area contributed by atoms with Crippen molar-refractivity contribution < 1.29 is 19.1 Å². The van der Waals surface area contributed by atoms with Gasteiger partial charge in [-0.1, -0.05) is 18.2 Å². The van der Waals surface area contributed by atoms with E-state index in [9.17, 15) is 9.59 Å². The molecule has 38 heavy (non-hydrogen) atoms. The summed E-state index contributed by atoms with van der Waals surface area (Å²) in [4.78, 5) is 30.8. The van der Waals surface area contributed by atoms with Crippen molar-refractivity contribution in [3.05, 3.63) is 36.0 Å². The summed E-state index contributed by atoms with van der Waals surface area (Å²) >= 11 is 0. The molecule has 0 spiro atoms. The number of benzene rings is 1. The van der Waals surface area contributed by atoms with Gasteiger partial charge in [-0.25, -0.2) is 4.79 Å². The summed E-state index contributed by atoms with van der Waals surface area (Å²) in [6, 6.07) is 8.66. The number of ether oxygens (including phenoxy) is 2. The fraction of sp³-hybridized carbons (Fsp3) is 0.655. The number of likely N-dealkylation sites (tertiary alicyclic amines) is 1. The third kappa shape index (κ3) is 7.27. The first-order chi connectivity index (χ1) is 18.2. The van der Waals surface area contributed by atoms with Gasteiger partial charge < -0.3 is 34.9 Å². The molecular weight excluding hydrogens is 482 g/mol. The van der Waals surface area contributed by atoms with Crippen LogP contribution < -0.4 is 11.1 Å². The molecule has 2 atom stereocenters. The lowest BCUT2D eigenvalue weighted by Gasteiger charge is -2.39. The van der Waals surface area contributed by atoms with Gasteiger partial charge in [0.25, 0.3) is 0 Å². The van der Waals surface area contributed by atoms with Gasteiger partial charge in [-0.15, -0.1) is 0 Å². The number of piperidine rings is 1. The van der Waals surface area contributed by atoms with E-state index in [2.05, 4.69) is 45.2 Å². The summed E-state index contributed by atoms with van der Waals surface area (Å²) in [5.74, 6) is -0.168. The number of carbonyl (C=O) groups is 2. The Morgan fingerprint density at radius 3 is 2.63 bits per heavy atom. The van der Waals surface area contributed by atoms with Crippen molar-refractivity contribution >= 4 is 22.9 Å². The summed E-state index contributed by atoms with van der Waals surface area (Å²) in [7, 11) is 1.73. The summed E-state index contributed by atoms with van der Waals surface area (Å²) in [6.07, 6.45) is 5.49. The van der Waals surface area contributed by atoms with Crippen LogP contribution in [0.1, 0.15) is 52.0 Å². The van der Waals surface area contributed by atoms with Crippen LogP contribution in [0.25, 0.3) is 10.9 Å². The molecule has 1 aliphatic heterocycles. The van der Waals surface area contributed by atoms with Crippen LogP contribution in [0.3, 0.4) is 0 Å². The van der Waals surface area contributed by atoms with E-state index >= 15 is 0 Å². The Balaban J connectivity index is 1.54. The van der Waals surface area contributed by atoms with Crippen LogP contribution >= 0.6 is 0 Å². The molecule has 2 aliphatic rings. The Hall–Kier alpha value is -2.62. The van der Waals surface area contributed by atoms with Crippen LogP contribution in [0.2, 0.25) is 0 Å². The average molecular weight is 528 g/mol. The van der Waals surface area contributed by atoms with Gasteiger partial charge in [-0.05, 0) is 58.1 Å². The quantitative estimate of drug-likeness (QED) is 0.435. The van der Waals surface area contributed by atoms with E-state index in [1.807, 2.05) is 20.8 Å². The molecule has 2 aromatic rings. The highest BCUT2D eigenvalue weighted by Gasteiger charge is 2.41. The molecule has 0 bridgehead atoms. The minimum atomic E-state index is -0.592. The SMILES string of the molecule is COCCCn1cc(CN(C(=O)C2CC(NCCN)CN(C(=O)OC(C)(C)C)C2)C2CC2)c2ccccc21. The summed E-state index contributed by atoms with van der Waals surface area (Å²) < 4.78 is 13.2. The molecule has 3 N–H and O–H groups in total. The lowest BCUT2D eigenvalue weighted by atomic mass is 9.92. The van der Waals surface area contributed by atoms with E-state index in [4.69, 9.17) is 15.2 Å². The molecule has 1 saturated heterocycles.